The molecule has 1 rings (SSSR count). The highest BCUT2D eigenvalue weighted by Crippen LogP contribution is 2.22. The normalized spacial score (nSPS) is 12.0. The lowest BCUT2D eigenvalue weighted by Crippen LogP contribution is -2.31. The summed E-state index contributed by atoms with van der Waals surface area (Å²) in [5.41, 5.74) is 0.740. The number of hydrogen-bond donors (Lipinski definition) is 0. The van der Waals surface area contributed by atoms with Crippen molar-refractivity contribution < 1.29 is 4.79 Å². The second kappa shape index (κ2) is 6.42. The van der Waals surface area contributed by atoms with Gasteiger partial charge in [0.2, 0.25) is 5.91 Å². The summed E-state index contributed by atoms with van der Waals surface area (Å²) in [6.07, 6.45) is 0.440. The van der Waals surface area contributed by atoms with Gasteiger partial charge in [0.15, 0.2) is 0 Å². The van der Waals surface area contributed by atoms with Crippen LogP contribution in [-0.4, -0.2) is 17.9 Å². The van der Waals surface area contributed by atoms with Gasteiger partial charge in [-0.1, -0.05) is 37.6 Å². The number of hydrogen-bond acceptors (Lipinski definition) is 2. The van der Waals surface area contributed by atoms with E-state index in [9.17, 15) is 10.1 Å². The number of halogens is 1. The zero-order valence-corrected chi connectivity index (χ0v) is 11.6. The summed E-state index contributed by atoms with van der Waals surface area (Å²) in [4.78, 5) is 13.4. The van der Waals surface area contributed by atoms with Crippen molar-refractivity contribution in [3.63, 3.8) is 0 Å². The van der Waals surface area contributed by atoms with Crippen LogP contribution in [0.1, 0.15) is 31.9 Å². The van der Waals surface area contributed by atoms with Gasteiger partial charge in [-0.05, 0) is 23.6 Å². The van der Waals surface area contributed by atoms with Crippen molar-refractivity contribution in [1.82, 2.24) is 4.90 Å². The van der Waals surface area contributed by atoms with Crippen LogP contribution >= 0.6 is 11.6 Å². The zero-order chi connectivity index (χ0) is 13.7. The largest absolute Gasteiger partial charge is 0.326 e. The molecule has 0 fully saturated rings. The second-order valence-electron chi connectivity index (χ2n) is 4.69. The van der Waals surface area contributed by atoms with Crippen molar-refractivity contribution >= 4 is 17.5 Å². The summed E-state index contributed by atoms with van der Waals surface area (Å²) in [6.45, 7) is 3.96. The molecule has 1 amide bonds. The van der Waals surface area contributed by atoms with E-state index in [1.165, 1.54) is 4.90 Å². The van der Waals surface area contributed by atoms with Crippen LogP contribution in [0.4, 0.5) is 0 Å². The van der Waals surface area contributed by atoms with Gasteiger partial charge >= 0.3 is 0 Å². The van der Waals surface area contributed by atoms with Crippen molar-refractivity contribution in [3.05, 3.63) is 34.9 Å². The average molecular weight is 265 g/mol. The lowest BCUT2D eigenvalue weighted by molar-refractivity contribution is -0.131. The minimum Gasteiger partial charge on any atom is -0.326 e. The fourth-order valence-electron chi connectivity index (χ4n) is 1.70. The standard InChI is InChI=1S/C14H17ClN2O/c1-10(2)7-14(18)17(3)13(9-16)11-5-4-6-12(15)8-11/h4-6,8,10,13H,7H2,1-3H3. The molecule has 0 saturated carbocycles. The van der Waals surface area contributed by atoms with Crippen LogP contribution in [0.3, 0.4) is 0 Å². The number of rotatable bonds is 4. The fourth-order valence-corrected chi connectivity index (χ4v) is 1.90. The Kier molecular flexibility index (Phi) is 5.18. The van der Waals surface area contributed by atoms with Gasteiger partial charge in [-0.15, -0.1) is 0 Å². The minimum absolute atomic E-state index is 0.0310. The Labute approximate surface area is 113 Å². The predicted molar refractivity (Wildman–Crippen MR) is 72.0 cm³/mol. The van der Waals surface area contributed by atoms with Crippen molar-refractivity contribution in [2.45, 2.75) is 26.3 Å². The molecule has 18 heavy (non-hydrogen) atoms. The third-order valence-electron chi connectivity index (χ3n) is 2.65. The summed E-state index contributed by atoms with van der Waals surface area (Å²) in [7, 11) is 1.65. The van der Waals surface area contributed by atoms with Crippen LogP contribution in [0.5, 0.6) is 0 Å². The molecule has 0 aliphatic carbocycles. The third kappa shape index (κ3) is 3.75. The fraction of sp³-hybridized carbons (Fsp3) is 0.429. The van der Waals surface area contributed by atoms with E-state index < -0.39 is 6.04 Å². The van der Waals surface area contributed by atoms with E-state index in [0.717, 1.165) is 5.56 Å². The molecule has 0 N–H and O–H groups in total. The number of benzene rings is 1. The van der Waals surface area contributed by atoms with Gasteiger partial charge in [-0.3, -0.25) is 4.79 Å². The van der Waals surface area contributed by atoms with Gasteiger partial charge in [0.1, 0.15) is 6.04 Å². The maximum absolute atomic E-state index is 12.0. The van der Waals surface area contributed by atoms with E-state index in [2.05, 4.69) is 6.07 Å². The molecular weight excluding hydrogens is 248 g/mol. The van der Waals surface area contributed by atoms with Crippen molar-refractivity contribution in [3.8, 4) is 6.07 Å². The first-order valence-electron chi connectivity index (χ1n) is 5.86. The van der Waals surface area contributed by atoms with E-state index in [4.69, 9.17) is 11.6 Å². The molecule has 1 aromatic carbocycles. The molecule has 0 radical (unpaired) electrons. The van der Waals surface area contributed by atoms with Gasteiger partial charge in [-0.2, -0.15) is 5.26 Å². The number of carbonyl (C=O) groups is 1. The molecule has 96 valence electrons. The van der Waals surface area contributed by atoms with E-state index in [1.54, 1.807) is 31.3 Å². The van der Waals surface area contributed by atoms with Crippen molar-refractivity contribution in [1.29, 1.82) is 5.26 Å². The minimum atomic E-state index is -0.588. The molecule has 3 nitrogen and oxygen atoms in total. The van der Waals surface area contributed by atoms with Crippen LogP contribution in [0.25, 0.3) is 0 Å². The first kappa shape index (κ1) is 14.5. The van der Waals surface area contributed by atoms with Crippen LogP contribution in [0, 0.1) is 17.2 Å². The van der Waals surface area contributed by atoms with Gasteiger partial charge < -0.3 is 4.90 Å². The van der Waals surface area contributed by atoms with Crippen LogP contribution in [-0.2, 0) is 4.79 Å². The van der Waals surface area contributed by atoms with E-state index in [-0.39, 0.29) is 11.8 Å². The lowest BCUT2D eigenvalue weighted by Gasteiger charge is -2.24. The maximum atomic E-state index is 12.0. The molecule has 4 heteroatoms. The predicted octanol–water partition coefficient (Wildman–Crippen LogP) is 3.41. The Morgan fingerprint density at radius 1 is 1.50 bits per heavy atom. The van der Waals surface area contributed by atoms with Crippen LogP contribution in [0.15, 0.2) is 24.3 Å². The lowest BCUT2D eigenvalue weighted by atomic mass is 10.0. The Hall–Kier alpha value is -1.53. The summed E-state index contributed by atoms with van der Waals surface area (Å²) < 4.78 is 0. The molecule has 0 heterocycles. The van der Waals surface area contributed by atoms with Gasteiger partial charge in [0.25, 0.3) is 0 Å². The number of carbonyl (C=O) groups excluding carboxylic acids is 1. The molecule has 1 unspecified atom stereocenters. The smallest absolute Gasteiger partial charge is 0.223 e. The molecule has 1 atom stereocenters. The number of nitrogens with zero attached hydrogens (tertiary/aromatic N) is 2. The molecule has 0 aliphatic heterocycles. The van der Waals surface area contributed by atoms with Gasteiger partial charge in [0.05, 0.1) is 6.07 Å². The second-order valence-corrected chi connectivity index (χ2v) is 5.13. The molecule has 0 bridgehead atoms. The topological polar surface area (TPSA) is 44.1 Å². The zero-order valence-electron chi connectivity index (χ0n) is 10.9. The highest BCUT2D eigenvalue weighted by molar-refractivity contribution is 6.30. The molecule has 0 aliphatic rings. The Bertz CT molecular complexity index is 465. The Balaban J connectivity index is 2.91. The number of amides is 1. The maximum Gasteiger partial charge on any atom is 0.223 e. The highest BCUT2D eigenvalue weighted by atomic mass is 35.5. The van der Waals surface area contributed by atoms with E-state index in [0.29, 0.717) is 11.4 Å². The van der Waals surface area contributed by atoms with Crippen molar-refractivity contribution in [2.75, 3.05) is 7.05 Å². The molecular formula is C14H17ClN2O. The number of nitriles is 1. The summed E-state index contributed by atoms with van der Waals surface area (Å²) >= 11 is 5.90. The highest BCUT2D eigenvalue weighted by Gasteiger charge is 2.21. The summed E-state index contributed by atoms with van der Waals surface area (Å²) in [6, 6.07) is 8.61. The first-order valence-corrected chi connectivity index (χ1v) is 6.24. The summed E-state index contributed by atoms with van der Waals surface area (Å²) in [5.74, 6) is 0.246. The Morgan fingerprint density at radius 3 is 2.67 bits per heavy atom. The van der Waals surface area contributed by atoms with Gasteiger partial charge in [-0.25, -0.2) is 0 Å². The summed E-state index contributed by atoms with van der Waals surface area (Å²) in [5, 5.41) is 9.80. The van der Waals surface area contributed by atoms with E-state index in [1.807, 2.05) is 13.8 Å². The quantitative estimate of drug-likeness (QED) is 0.836. The monoisotopic (exact) mass is 264 g/mol. The average Bonchev–Trinajstić information content (AvgIpc) is 2.29. The molecule has 0 spiro atoms. The molecule has 1 aromatic rings. The van der Waals surface area contributed by atoms with E-state index >= 15 is 0 Å². The first-order chi connectivity index (χ1) is 8.45. The molecule has 0 saturated heterocycles. The molecule has 0 aromatic heterocycles. The third-order valence-corrected chi connectivity index (χ3v) is 2.89. The van der Waals surface area contributed by atoms with Crippen LogP contribution in [0.2, 0.25) is 5.02 Å². The SMILES string of the molecule is CC(C)CC(=O)N(C)C(C#N)c1cccc(Cl)c1. The van der Waals surface area contributed by atoms with Crippen molar-refractivity contribution in [2.24, 2.45) is 5.92 Å². The Morgan fingerprint density at radius 2 is 2.17 bits per heavy atom. The van der Waals surface area contributed by atoms with Crippen LogP contribution < -0.4 is 0 Å². The van der Waals surface area contributed by atoms with Gasteiger partial charge in [0, 0.05) is 18.5 Å².